The van der Waals surface area contributed by atoms with Gasteiger partial charge in [-0.15, -0.1) is 0 Å². The number of halogens is 2. The average Bonchev–Trinajstić information content (AvgIpc) is 2.92. The minimum absolute atomic E-state index is 0.154. The first-order valence-electron chi connectivity index (χ1n) is 13.4. The maximum atomic E-state index is 14.6. The zero-order valence-corrected chi connectivity index (χ0v) is 25.0. The fourth-order valence-corrected chi connectivity index (χ4v) is 7.59. The van der Waals surface area contributed by atoms with Crippen LogP contribution in [-0.2, 0) is 14.8 Å². The van der Waals surface area contributed by atoms with E-state index in [0.29, 0.717) is 47.0 Å². The Morgan fingerprint density at radius 2 is 1.78 bits per heavy atom. The minimum Gasteiger partial charge on any atom is -0.480 e. The third-order valence-corrected chi connectivity index (χ3v) is 10.2. The SMILES string of the molecule is C/C(=C\c1ccc2c(c1)N(S(=O)(=O)c1cccc(C)c1)C[C@@H]1CN(C(C)(C)C(=O)O)CCN21)c1c(F)cccc1Cl. The van der Waals surface area contributed by atoms with Gasteiger partial charge in [-0.05, 0) is 80.8 Å². The lowest BCUT2D eigenvalue weighted by atomic mass is 9.97. The maximum Gasteiger partial charge on any atom is 0.323 e. The van der Waals surface area contributed by atoms with Crippen molar-refractivity contribution in [3.8, 4) is 0 Å². The first kappa shape index (κ1) is 29.1. The molecule has 0 amide bonds. The Morgan fingerprint density at radius 3 is 2.46 bits per heavy atom. The normalized spacial score (nSPS) is 18.2. The van der Waals surface area contributed by atoms with Crippen molar-refractivity contribution in [2.45, 2.75) is 44.2 Å². The number of piperazine rings is 1. The Bertz CT molecular complexity index is 1640. The molecule has 1 N–H and O–H groups in total. The molecule has 1 fully saturated rings. The molecule has 7 nitrogen and oxygen atoms in total. The average molecular weight is 598 g/mol. The van der Waals surface area contributed by atoms with Gasteiger partial charge < -0.3 is 10.0 Å². The Kier molecular flexibility index (Phi) is 7.65. The molecule has 0 aliphatic carbocycles. The van der Waals surface area contributed by atoms with E-state index in [9.17, 15) is 22.7 Å². The van der Waals surface area contributed by atoms with Gasteiger partial charge >= 0.3 is 5.97 Å². The van der Waals surface area contributed by atoms with Crippen LogP contribution in [0.1, 0.15) is 37.5 Å². The second-order valence-corrected chi connectivity index (χ2v) is 13.5. The number of fused-ring (bicyclic) bond motifs is 3. The van der Waals surface area contributed by atoms with Gasteiger partial charge in [0.2, 0.25) is 0 Å². The van der Waals surface area contributed by atoms with Crippen LogP contribution in [0, 0.1) is 12.7 Å². The zero-order chi connectivity index (χ0) is 29.7. The van der Waals surface area contributed by atoms with Crippen molar-refractivity contribution in [1.29, 1.82) is 0 Å². The van der Waals surface area contributed by atoms with E-state index in [0.717, 1.165) is 11.3 Å². The highest BCUT2D eigenvalue weighted by atomic mass is 35.5. The number of sulfonamides is 1. The number of carboxylic acid groups (broad SMARTS) is 1. The number of benzene rings is 3. The van der Waals surface area contributed by atoms with Crippen molar-refractivity contribution in [3.05, 3.63) is 88.2 Å². The summed E-state index contributed by atoms with van der Waals surface area (Å²) >= 11 is 6.29. The Balaban J connectivity index is 1.61. The number of carboxylic acids is 1. The van der Waals surface area contributed by atoms with Crippen LogP contribution in [0.5, 0.6) is 0 Å². The molecule has 216 valence electrons. The van der Waals surface area contributed by atoms with E-state index in [1.165, 1.54) is 10.4 Å². The number of aryl methyl sites for hydroxylation is 1. The van der Waals surface area contributed by atoms with Crippen LogP contribution >= 0.6 is 11.6 Å². The summed E-state index contributed by atoms with van der Waals surface area (Å²) in [5.74, 6) is -1.36. The highest BCUT2D eigenvalue weighted by molar-refractivity contribution is 7.92. The monoisotopic (exact) mass is 597 g/mol. The minimum atomic E-state index is -3.96. The van der Waals surface area contributed by atoms with E-state index in [1.807, 2.05) is 36.1 Å². The Morgan fingerprint density at radius 1 is 1.05 bits per heavy atom. The number of hydrogen-bond acceptors (Lipinski definition) is 5. The molecule has 2 aliphatic rings. The van der Waals surface area contributed by atoms with Gasteiger partial charge in [-0.25, -0.2) is 12.8 Å². The number of aliphatic carboxylic acids is 1. The summed E-state index contributed by atoms with van der Waals surface area (Å²) < 4.78 is 44.3. The molecule has 10 heteroatoms. The number of carbonyl (C=O) groups is 1. The van der Waals surface area contributed by atoms with Gasteiger partial charge in [-0.2, -0.15) is 0 Å². The second-order valence-electron chi connectivity index (χ2n) is 11.2. The molecule has 2 heterocycles. The summed E-state index contributed by atoms with van der Waals surface area (Å²) in [6.45, 7) is 8.57. The molecule has 2 aliphatic heterocycles. The largest absolute Gasteiger partial charge is 0.480 e. The van der Waals surface area contributed by atoms with E-state index in [4.69, 9.17) is 11.6 Å². The summed E-state index contributed by atoms with van der Waals surface area (Å²) in [6, 6.07) is 16.7. The first-order valence-corrected chi connectivity index (χ1v) is 15.2. The zero-order valence-electron chi connectivity index (χ0n) is 23.4. The van der Waals surface area contributed by atoms with Crippen molar-refractivity contribution < 1.29 is 22.7 Å². The van der Waals surface area contributed by atoms with E-state index in [-0.39, 0.29) is 17.5 Å². The molecule has 3 aromatic carbocycles. The van der Waals surface area contributed by atoms with Gasteiger partial charge in [-0.1, -0.05) is 41.9 Å². The predicted molar refractivity (Wildman–Crippen MR) is 162 cm³/mol. The number of anilines is 2. The third-order valence-electron chi connectivity index (χ3n) is 8.07. The highest BCUT2D eigenvalue weighted by Crippen LogP contribution is 2.42. The maximum absolute atomic E-state index is 14.6. The van der Waals surface area contributed by atoms with Crippen LogP contribution < -0.4 is 9.21 Å². The van der Waals surface area contributed by atoms with Crippen molar-refractivity contribution in [1.82, 2.24) is 4.90 Å². The quantitative estimate of drug-likeness (QED) is 0.356. The number of nitrogens with zero attached hydrogens (tertiary/aromatic N) is 3. The number of allylic oxidation sites excluding steroid dienone is 1. The van der Waals surface area contributed by atoms with Gasteiger partial charge in [0.1, 0.15) is 11.4 Å². The van der Waals surface area contributed by atoms with Crippen LogP contribution in [0.25, 0.3) is 11.6 Å². The fraction of sp³-hybridized carbons (Fsp3) is 0.323. The van der Waals surface area contributed by atoms with Crippen LogP contribution in [0.4, 0.5) is 15.8 Å². The van der Waals surface area contributed by atoms with E-state index in [2.05, 4.69) is 4.90 Å². The molecule has 0 unspecified atom stereocenters. The third kappa shape index (κ3) is 5.34. The van der Waals surface area contributed by atoms with Crippen LogP contribution in [0.15, 0.2) is 65.6 Å². The molecule has 3 aromatic rings. The van der Waals surface area contributed by atoms with Gasteiger partial charge in [0, 0.05) is 25.2 Å². The van der Waals surface area contributed by atoms with Gasteiger partial charge in [-0.3, -0.25) is 14.0 Å². The topological polar surface area (TPSA) is 81.2 Å². The number of hydrogen-bond donors (Lipinski definition) is 1. The lowest BCUT2D eigenvalue weighted by Crippen LogP contribution is -2.65. The van der Waals surface area contributed by atoms with Crippen molar-refractivity contribution >= 4 is 50.6 Å². The molecular formula is C31H33ClFN3O4S. The molecule has 1 saturated heterocycles. The molecule has 0 spiro atoms. The van der Waals surface area contributed by atoms with Crippen molar-refractivity contribution in [2.75, 3.05) is 35.4 Å². The van der Waals surface area contributed by atoms with E-state index >= 15 is 0 Å². The fourth-order valence-electron chi connectivity index (χ4n) is 5.66. The van der Waals surface area contributed by atoms with Crippen molar-refractivity contribution in [2.24, 2.45) is 0 Å². The standard InChI is InChI=1S/C31H33ClFN3O4S/c1-20-7-5-8-24(15-20)41(39,40)36-19-23-18-34(31(3,4)30(37)38)13-14-35(23)27-12-11-22(17-28(27)36)16-21(2)29-25(32)9-6-10-26(29)33/h5-12,15-17,23H,13-14,18-19H2,1-4H3,(H,37,38)/b21-16+/t23-/m0/s1. The second kappa shape index (κ2) is 10.8. The van der Waals surface area contributed by atoms with E-state index in [1.54, 1.807) is 57.2 Å². The number of rotatable bonds is 6. The van der Waals surface area contributed by atoms with Crippen LogP contribution in [-0.4, -0.2) is 62.2 Å². The van der Waals surface area contributed by atoms with Crippen molar-refractivity contribution in [3.63, 3.8) is 0 Å². The molecular weight excluding hydrogens is 565 g/mol. The summed E-state index contributed by atoms with van der Waals surface area (Å²) in [4.78, 5) is 16.2. The smallest absolute Gasteiger partial charge is 0.323 e. The lowest BCUT2D eigenvalue weighted by molar-refractivity contribution is -0.149. The first-order chi connectivity index (χ1) is 19.3. The predicted octanol–water partition coefficient (Wildman–Crippen LogP) is 5.91. The van der Waals surface area contributed by atoms with Crippen LogP contribution in [0.2, 0.25) is 5.02 Å². The Labute approximate surface area is 245 Å². The van der Waals surface area contributed by atoms with Gasteiger partial charge in [0.15, 0.2) is 0 Å². The van der Waals surface area contributed by atoms with Gasteiger partial charge in [0.05, 0.1) is 33.9 Å². The van der Waals surface area contributed by atoms with Gasteiger partial charge in [0.25, 0.3) is 10.0 Å². The molecule has 1 atom stereocenters. The van der Waals surface area contributed by atoms with E-state index < -0.39 is 27.3 Å². The molecule has 0 aromatic heterocycles. The molecule has 0 saturated carbocycles. The lowest BCUT2D eigenvalue weighted by Gasteiger charge is -2.51. The highest BCUT2D eigenvalue weighted by Gasteiger charge is 2.44. The molecule has 0 radical (unpaired) electrons. The summed E-state index contributed by atoms with van der Waals surface area (Å²) in [7, 11) is -3.96. The molecule has 0 bridgehead atoms. The summed E-state index contributed by atoms with van der Waals surface area (Å²) in [6.07, 6.45) is 1.79. The van der Waals surface area contributed by atoms with Crippen LogP contribution in [0.3, 0.4) is 0 Å². The summed E-state index contributed by atoms with van der Waals surface area (Å²) in [5.41, 5.74) is 2.62. The Hall–Kier alpha value is -3.40. The molecule has 5 rings (SSSR count). The summed E-state index contributed by atoms with van der Waals surface area (Å²) in [5, 5.41) is 10.1. The molecule has 41 heavy (non-hydrogen) atoms.